The van der Waals surface area contributed by atoms with Gasteiger partial charge in [0.25, 0.3) is 0 Å². The van der Waals surface area contributed by atoms with Gasteiger partial charge in [0.1, 0.15) is 0 Å². The van der Waals surface area contributed by atoms with Crippen LogP contribution in [-0.2, 0) is 0 Å². The Kier molecular flexibility index (Phi) is 9.33. The quantitative estimate of drug-likeness (QED) is 0.579. The predicted molar refractivity (Wildman–Crippen MR) is 126 cm³/mol. The normalized spacial score (nSPS) is 12.0. The topological polar surface area (TPSA) is 53.5 Å². The molecule has 0 radical (unpaired) electrons. The zero-order valence-corrected chi connectivity index (χ0v) is 19.1. The van der Waals surface area contributed by atoms with Crippen molar-refractivity contribution in [1.29, 1.82) is 0 Å². The van der Waals surface area contributed by atoms with Gasteiger partial charge in [-0.05, 0) is 45.9 Å². The Morgan fingerprint density at radius 1 is 0.862 bits per heavy atom. The highest BCUT2D eigenvalue weighted by Gasteiger charge is 2.16. The number of rotatable bonds is 3. The molecule has 4 heteroatoms. The van der Waals surface area contributed by atoms with E-state index >= 15 is 0 Å². The van der Waals surface area contributed by atoms with Crippen molar-refractivity contribution in [3.8, 4) is 0 Å². The maximum Gasteiger partial charge on any atom is 0.323 e. The lowest BCUT2D eigenvalue weighted by molar-refractivity contribution is 0.254. The number of benzene rings is 2. The fraction of sp³-hybridized carbons (Fsp3) is 0.360. The number of aryl methyl sites for hydroxylation is 3. The Labute approximate surface area is 176 Å². The highest BCUT2D eigenvalue weighted by atomic mass is 16.2. The van der Waals surface area contributed by atoms with E-state index in [0.717, 1.165) is 22.7 Å². The Hall–Kier alpha value is -2.88. The number of nitrogens with zero attached hydrogens (tertiary/aromatic N) is 1. The van der Waals surface area contributed by atoms with Gasteiger partial charge in [0.15, 0.2) is 0 Å². The third-order valence-electron chi connectivity index (χ3n) is 4.20. The van der Waals surface area contributed by atoms with Crippen LogP contribution in [0.3, 0.4) is 0 Å². The molecule has 0 bridgehead atoms. The number of carbonyl (C=O) groups excluding carboxylic acids is 1. The average molecular weight is 394 g/mol. The number of anilines is 1. The van der Waals surface area contributed by atoms with Crippen molar-refractivity contribution in [2.24, 2.45) is 10.4 Å². The van der Waals surface area contributed by atoms with Crippen LogP contribution >= 0.6 is 0 Å². The van der Waals surface area contributed by atoms with Gasteiger partial charge in [0.05, 0.1) is 0 Å². The summed E-state index contributed by atoms with van der Waals surface area (Å²) in [7, 11) is 1.76. The number of hydrogen-bond donors (Lipinski definition) is 2. The van der Waals surface area contributed by atoms with E-state index in [1.165, 1.54) is 11.1 Å². The van der Waals surface area contributed by atoms with E-state index in [0.29, 0.717) is 0 Å². The molecule has 2 aromatic rings. The number of carbonyl (C=O) groups is 1. The van der Waals surface area contributed by atoms with E-state index in [2.05, 4.69) is 74.5 Å². The van der Waals surface area contributed by atoms with Gasteiger partial charge in [0.2, 0.25) is 0 Å². The first-order valence-electron chi connectivity index (χ1n) is 9.85. The summed E-state index contributed by atoms with van der Waals surface area (Å²) < 4.78 is 0. The lowest BCUT2D eigenvalue weighted by Crippen LogP contribution is -2.28. The van der Waals surface area contributed by atoms with E-state index in [4.69, 9.17) is 0 Å². The van der Waals surface area contributed by atoms with E-state index in [1.54, 1.807) is 7.05 Å². The minimum absolute atomic E-state index is 0.0505. The van der Waals surface area contributed by atoms with Crippen LogP contribution in [0.5, 0.6) is 0 Å². The van der Waals surface area contributed by atoms with Gasteiger partial charge < -0.3 is 10.6 Å². The van der Waals surface area contributed by atoms with Gasteiger partial charge in [-0.3, -0.25) is 4.99 Å². The molecule has 0 saturated heterocycles. The summed E-state index contributed by atoms with van der Waals surface area (Å²) in [6.07, 6.45) is 1.90. The lowest BCUT2D eigenvalue weighted by Gasteiger charge is -2.19. The van der Waals surface area contributed by atoms with Crippen molar-refractivity contribution in [1.82, 2.24) is 5.32 Å². The van der Waals surface area contributed by atoms with Gasteiger partial charge in [-0.15, -0.1) is 0 Å². The minimum atomic E-state index is -0.253. The highest BCUT2D eigenvalue weighted by molar-refractivity contribution is 6.00. The molecule has 0 unspecified atom stereocenters. The zero-order chi connectivity index (χ0) is 22.0. The second kappa shape index (κ2) is 11.2. The molecule has 2 rings (SSSR count). The second-order valence-electron chi connectivity index (χ2n) is 8.29. The molecule has 156 valence electrons. The Morgan fingerprint density at radius 3 is 1.66 bits per heavy atom. The molecular weight excluding hydrogens is 358 g/mol. The molecule has 0 fully saturated rings. The summed E-state index contributed by atoms with van der Waals surface area (Å²) in [5.74, 6) is 0. The van der Waals surface area contributed by atoms with E-state index in [-0.39, 0.29) is 11.4 Å². The Bertz CT molecular complexity index is 818. The first kappa shape index (κ1) is 24.2. The molecule has 0 atom stereocenters. The summed E-state index contributed by atoms with van der Waals surface area (Å²) >= 11 is 0. The maximum atomic E-state index is 11.9. The molecule has 2 aromatic carbocycles. The summed E-state index contributed by atoms with van der Waals surface area (Å²) in [6.45, 7) is 14.3. The van der Waals surface area contributed by atoms with Crippen LogP contribution in [0, 0.1) is 26.2 Å². The number of amides is 2. The third kappa shape index (κ3) is 9.74. The first-order valence-corrected chi connectivity index (χ1v) is 9.85. The maximum absolute atomic E-state index is 11.9. The summed E-state index contributed by atoms with van der Waals surface area (Å²) in [5, 5.41) is 5.61. The molecule has 0 aromatic heterocycles. The molecule has 0 aliphatic rings. The minimum Gasteiger partial charge on any atom is -0.312 e. The van der Waals surface area contributed by atoms with Crippen LogP contribution in [-0.4, -0.2) is 18.8 Å². The molecule has 0 aliphatic carbocycles. The van der Waals surface area contributed by atoms with Crippen molar-refractivity contribution >= 4 is 17.4 Å². The van der Waals surface area contributed by atoms with Crippen molar-refractivity contribution < 1.29 is 4.79 Å². The number of hydrogen-bond acceptors (Lipinski definition) is 2. The molecule has 4 nitrogen and oxygen atoms in total. The monoisotopic (exact) mass is 393 g/mol. The van der Waals surface area contributed by atoms with E-state index in [1.807, 2.05) is 44.2 Å². The SMILES string of the molecule is CN=C(/C=C(\C)NC(=O)Nc1ccc(C)cc1)C(C)(C)C.Cc1ccc(C)cc1. The average Bonchev–Trinajstić information content (AvgIpc) is 2.63. The van der Waals surface area contributed by atoms with Crippen LogP contribution in [0.1, 0.15) is 44.4 Å². The number of aliphatic imine (C=N–C) groups is 1. The standard InChI is InChI=1S/C17H25N3O.C8H10/c1-12-7-9-14(10-8-12)20-16(21)19-13(2)11-15(18-6)17(3,4)5;1-7-3-5-8(2)6-4-7/h7-11H,1-6H3,(H2,19,20,21);3-6H,1-2H3/b13-11+,18-15?;. The largest absolute Gasteiger partial charge is 0.323 e. The first-order chi connectivity index (χ1) is 13.5. The molecule has 29 heavy (non-hydrogen) atoms. The summed E-state index contributed by atoms with van der Waals surface area (Å²) in [6, 6.07) is 15.9. The van der Waals surface area contributed by atoms with Crippen LogP contribution in [0.25, 0.3) is 0 Å². The molecule has 2 amide bonds. The van der Waals surface area contributed by atoms with Gasteiger partial charge in [-0.1, -0.05) is 73.9 Å². The zero-order valence-electron chi connectivity index (χ0n) is 19.1. The highest BCUT2D eigenvalue weighted by Crippen LogP contribution is 2.17. The van der Waals surface area contributed by atoms with Crippen molar-refractivity contribution in [3.63, 3.8) is 0 Å². The van der Waals surface area contributed by atoms with Crippen molar-refractivity contribution in [3.05, 3.63) is 77.0 Å². The molecule has 0 spiro atoms. The third-order valence-corrected chi connectivity index (χ3v) is 4.20. The van der Waals surface area contributed by atoms with Crippen LogP contribution in [0.2, 0.25) is 0 Å². The summed E-state index contributed by atoms with van der Waals surface area (Å²) in [4.78, 5) is 16.2. The molecule has 0 aliphatic heterocycles. The molecule has 0 saturated carbocycles. The van der Waals surface area contributed by atoms with E-state index < -0.39 is 0 Å². The summed E-state index contributed by atoms with van der Waals surface area (Å²) in [5.41, 5.74) is 6.24. The number of nitrogens with one attached hydrogen (secondary N) is 2. The predicted octanol–water partition coefficient (Wildman–Crippen LogP) is 6.44. The smallest absolute Gasteiger partial charge is 0.312 e. The molecule has 0 heterocycles. The number of urea groups is 1. The van der Waals surface area contributed by atoms with E-state index in [9.17, 15) is 4.79 Å². The molecule has 2 N–H and O–H groups in total. The fourth-order valence-electron chi connectivity index (χ4n) is 2.47. The van der Waals surface area contributed by atoms with Crippen molar-refractivity contribution in [2.45, 2.75) is 48.5 Å². The second-order valence-corrected chi connectivity index (χ2v) is 8.29. The fourth-order valence-corrected chi connectivity index (χ4v) is 2.47. The van der Waals surface area contributed by atoms with Crippen molar-refractivity contribution in [2.75, 3.05) is 12.4 Å². The molecular formula is C25H35N3O. The van der Waals surface area contributed by atoms with Gasteiger partial charge in [-0.25, -0.2) is 4.79 Å². The van der Waals surface area contributed by atoms with Gasteiger partial charge in [0, 0.05) is 29.6 Å². The lowest BCUT2D eigenvalue weighted by atomic mass is 9.89. The Morgan fingerprint density at radius 2 is 1.28 bits per heavy atom. The van der Waals surface area contributed by atoms with Crippen LogP contribution < -0.4 is 10.6 Å². The number of allylic oxidation sites excluding steroid dienone is 2. The Balaban J connectivity index is 0.000000436. The van der Waals surface area contributed by atoms with Gasteiger partial charge >= 0.3 is 6.03 Å². The van der Waals surface area contributed by atoms with Gasteiger partial charge in [-0.2, -0.15) is 0 Å². The van der Waals surface area contributed by atoms with Crippen LogP contribution in [0.15, 0.2) is 65.3 Å². The van der Waals surface area contributed by atoms with Crippen LogP contribution in [0.4, 0.5) is 10.5 Å².